The summed E-state index contributed by atoms with van der Waals surface area (Å²) in [5, 5.41) is 9.90. The molecule has 1 heterocycles. The quantitative estimate of drug-likeness (QED) is 0.816. The van der Waals surface area contributed by atoms with Gasteiger partial charge in [0.2, 0.25) is 0 Å². The van der Waals surface area contributed by atoms with Gasteiger partial charge in [-0.3, -0.25) is 4.90 Å². The molecule has 2 atom stereocenters. The first-order chi connectivity index (χ1) is 11.2. The Bertz CT molecular complexity index is 498. The largest absolute Gasteiger partial charge is 0.444 e. The van der Waals surface area contributed by atoms with Crippen LogP contribution in [0.2, 0.25) is 0 Å². The molecule has 0 aromatic carbocycles. The molecule has 1 N–H and O–H groups in total. The lowest BCUT2D eigenvalue weighted by Gasteiger charge is -2.39. The topological polar surface area (TPSA) is 53.0 Å². The number of piperazine rings is 1. The van der Waals surface area contributed by atoms with Gasteiger partial charge in [-0.15, -0.1) is 0 Å². The van der Waals surface area contributed by atoms with Crippen molar-refractivity contribution in [2.45, 2.75) is 64.3 Å². The first kappa shape index (κ1) is 20.3. The van der Waals surface area contributed by atoms with E-state index in [-0.39, 0.29) is 18.9 Å². The minimum Gasteiger partial charge on any atom is -0.444 e. The molecule has 0 bridgehead atoms. The molecule has 1 aliphatic carbocycles. The zero-order valence-corrected chi connectivity index (χ0v) is 15.4. The number of carbonyl (C=O) groups is 1. The van der Waals surface area contributed by atoms with Crippen LogP contribution in [0.15, 0.2) is 0 Å². The molecule has 2 unspecified atom stereocenters. The highest BCUT2D eigenvalue weighted by Gasteiger charge is 2.60. The van der Waals surface area contributed by atoms with Crippen molar-refractivity contribution in [2.24, 2.45) is 5.41 Å². The lowest BCUT2D eigenvalue weighted by Crippen LogP contribution is -2.52. The minimum absolute atomic E-state index is 0.245. The predicted molar refractivity (Wildman–Crippen MR) is 87.2 cm³/mol. The minimum atomic E-state index is -4.58. The van der Waals surface area contributed by atoms with Crippen LogP contribution in [-0.2, 0) is 4.74 Å². The first-order valence-electron chi connectivity index (χ1n) is 8.73. The molecule has 2 rings (SSSR count). The number of amides is 1. The van der Waals surface area contributed by atoms with Gasteiger partial charge in [0.15, 0.2) is 5.60 Å². The molecule has 25 heavy (non-hydrogen) atoms. The fourth-order valence-electron chi connectivity index (χ4n) is 3.72. The number of rotatable bonds is 2. The number of carbonyl (C=O) groups excluding carboxylic acids is 1. The molecule has 0 radical (unpaired) electrons. The van der Waals surface area contributed by atoms with E-state index in [0.717, 1.165) is 0 Å². The second-order valence-electron chi connectivity index (χ2n) is 8.76. The van der Waals surface area contributed by atoms with Crippen LogP contribution in [0, 0.1) is 5.41 Å². The fourth-order valence-corrected chi connectivity index (χ4v) is 3.72. The molecule has 1 saturated carbocycles. The third kappa shape index (κ3) is 5.00. The van der Waals surface area contributed by atoms with Crippen LogP contribution in [0.4, 0.5) is 18.0 Å². The van der Waals surface area contributed by atoms with Gasteiger partial charge in [0.1, 0.15) is 5.60 Å². The molecule has 1 aliphatic heterocycles. The molecule has 0 spiro atoms. The van der Waals surface area contributed by atoms with Crippen molar-refractivity contribution in [2.75, 3.05) is 32.7 Å². The molecule has 8 heteroatoms. The molecule has 0 aromatic heterocycles. The van der Waals surface area contributed by atoms with E-state index in [1.54, 1.807) is 11.8 Å². The van der Waals surface area contributed by atoms with Crippen LogP contribution < -0.4 is 0 Å². The normalized spacial score (nSPS) is 32.1. The van der Waals surface area contributed by atoms with Gasteiger partial charge >= 0.3 is 12.3 Å². The fraction of sp³-hybridized carbons (Fsp3) is 0.941. The van der Waals surface area contributed by atoms with Gasteiger partial charge in [0.25, 0.3) is 0 Å². The lowest BCUT2D eigenvalue weighted by atomic mass is 9.85. The van der Waals surface area contributed by atoms with E-state index < -0.39 is 22.8 Å². The highest BCUT2D eigenvalue weighted by molar-refractivity contribution is 5.68. The Balaban J connectivity index is 1.85. The molecule has 5 nitrogen and oxygen atoms in total. The monoisotopic (exact) mass is 366 g/mol. The highest BCUT2D eigenvalue weighted by atomic mass is 19.4. The van der Waals surface area contributed by atoms with Crippen molar-refractivity contribution < 1.29 is 27.8 Å². The Labute approximate surface area is 147 Å². The van der Waals surface area contributed by atoms with Crippen LogP contribution in [0.5, 0.6) is 0 Å². The number of ether oxygens (including phenoxy) is 1. The number of hydrogen-bond acceptors (Lipinski definition) is 4. The zero-order valence-electron chi connectivity index (χ0n) is 15.4. The average molecular weight is 366 g/mol. The maximum Gasteiger partial charge on any atom is 0.417 e. The van der Waals surface area contributed by atoms with Crippen molar-refractivity contribution in [1.29, 1.82) is 0 Å². The summed E-state index contributed by atoms with van der Waals surface area (Å²) in [7, 11) is 0. The van der Waals surface area contributed by atoms with Crippen LogP contribution in [0.3, 0.4) is 0 Å². The zero-order chi connectivity index (χ0) is 19.1. The van der Waals surface area contributed by atoms with Gasteiger partial charge in [-0.25, -0.2) is 4.79 Å². The summed E-state index contributed by atoms with van der Waals surface area (Å²) < 4.78 is 44.4. The maximum atomic E-state index is 13.0. The summed E-state index contributed by atoms with van der Waals surface area (Å²) in [6.07, 6.45) is -5.11. The average Bonchev–Trinajstić information content (AvgIpc) is 2.74. The summed E-state index contributed by atoms with van der Waals surface area (Å²) in [6.45, 7) is 9.91. The SMILES string of the molecule is CC1(CN2CCN(C(=O)OC(C)(C)C)CC2)CCC(O)(C(F)(F)F)C1. The van der Waals surface area contributed by atoms with Crippen molar-refractivity contribution in [3.63, 3.8) is 0 Å². The van der Waals surface area contributed by atoms with Gasteiger partial charge in [-0.2, -0.15) is 13.2 Å². The molecule has 1 saturated heterocycles. The summed E-state index contributed by atoms with van der Waals surface area (Å²) in [6, 6.07) is 0. The Morgan fingerprint density at radius 1 is 1.12 bits per heavy atom. The van der Waals surface area contributed by atoms with Gasteiger partial charge in [0, 0.05) is 32.7 Å². The summed E-state index contributed by atoms with van der Waals surface area (Å²) in [5.74, 6) is 0. The van der Waals surface area contributed by atoms with Gasteiger partial charge in [-0.05, 0) is 45.4 Å². The van der Waals surface area contributed by atoms with E-state index in [1.165, 1.54) is 0 Å². The Kier molecular flexibility index (Phi) is 5.37. The van der Waals surface area contributed by atoms with Crippen molar-refractivity contribution in [3.8, 4) is 0 Å². The van der Waals surface area contributed by atoms with Gasteiger partial charge in [0.05, 0.1) is 0 Å². The second kappa shape index (κ2) is 6.61. The Morgan fingerprint density at radius 2 is 1.68 bits per heavy atom. The maximum absolute atomic E-state index is 13.0. The number of alkyl halides is 3. The third-order valence-electron chi connectivity index (χ3n) is 5.02. The summed E-state index contributed by atoms with van der Waals surface area (Å²) in [4.78, 5) is 15.8. The van der Waals surface area contributed by atoms with Crippen molar-refractivity contribution in [1.82, 2.24) is 9.80 Å². The van der Waals surface area contributed by atoms with Gasteiger partial charge in [-0.1, -0.05) is 6.92 Å². The predicted octanol–water partition coefficient (Wildman–Crippen LogP) is 3.02. The number of nitrogens with zero attached hydrogens (tertiary/aromatic N) is 2. The molecule has 146 valence electrons. The molecule has 0 aromatic rings. The Morgan fingerprint density at radius 3 is 2.12 bits per heavy atom. The van der Waals surface area contributed by atoms with E-state index in [4.69, 9.17) is 4.74 Å². The van der Waals surface area contributed by atoms with Crippen molar-refractivity contribution >= 4 is 6.09 Å². The first-order valence-corrected chi connectivity index (χ1v) is 8.73. The second-order valence-corrected chi connectivity index (χ2v) is 8.76. The van der Waals surface area contributed by atoms with Crippen molar-refractivity contribution in [3.05, 3.63) is 0 Å². The Hall–Kier alpha value is -1.02. The van der Waals surface area contributed by atoms with Crippen LogP contribution in [0.1, 0.15) is 47.0 Å². The van der Waals surface area contributed by atoms with E-state index in [1.807, 2.05) is 20.8 Å². The van der Waals surface area contributed by atoms with E-state index in [0.29, 0.717) is 39.1 Å². The summed E-state index contributed by atoms with van der Waals surface area (Å²) in [5.41, 5.74) is -3.69. The highest BCUT2D eigenvalue weighted by Crippen LogP contribution is 2.51. The number of aliphatic hydroxyl groups is 1. The van der Waals surface area contributed by atoms with E-state index in [9.17, 15) is 23.1 Å². The molecular formula is C17H29F3N2O3. The standard InChI is InChI=1S/C17H29F3N2O3/c1-14(2,3)25-13(23)22-9-7-21(8-10-22)12-15(4)5-6-16(24,11-15)17(18,19)20/h24H,5-12H2,1-4H3. The van der Waals surface area contributed by atoms with Crippen LogP contribution in [-0.4, -0.2) is 71.1 Å². The van der Waals surface area contributed by atoms with Gasteiger partial charge < -0.3 is 14.7 Å². The number of hydrogen-bond donors (Lipinski definition) is 1. The molecule has 1 amide bonds. The number of halogens is 3. The molecule has 2 fully saturated rings. The smallest absolute Gasteiger partial charge is 0.417 e. The molecule has 2 aliphatic rings. The van der Waals surface area contributed by atoms with Crippen LogP contribution in [0.25, 0.3) is 0 Å². The van der Waals surface area contributed by atoms with E-state index >= 15 is 0 Å². The third-order valence-corrected chi connectivity index (χ3v) is 5.02. The lowest BCUT2D eigenvalue weighted by molar-refractivity contribution is -0.259. The van der Waals surface area contributed by atoms with E-state index in [2.05, 4.69) is 4.90 Å². The van der Waals surface area contributed by atoms with Crippen LogP contribution >= 0.6 is 0 Å². The molecular weight excluding hydrogens is 337 g/mol. The summed E-state index contributed by atoms with van der Waals surface area (Å²) >= 11 is 0.